The van der Waals surface area contributed by atoms with Crippen molar-refractivity contribution in [3.63, 3.8) is 0 Å². The predicted octanol–water partition coefficient (Wildman–Crippen LogP) is 1.71. The predicted molar refractivity (Wildman–Crippen MR) is 49.8 cm³/mol. The summed E-state index contributed by atoms with van der Waals surface area (Å²) >= 11 is 0. The van der Waals surface area contributed by atoms with Crippen LogP contribution in [0, 0.1) is 0 Å². The van der Waals surface area contributed by atoms with Crippen molar-refractivity contribution in [1.82, 2.24) is 0 Å². The zero-order valence-corrected chi connectivity index (χ0v) is 10.6. The van der Waals surface area contributed by atoms with Crippen molar-refractivity contribution < 1.29 is 32.0 Å². The second-order valence-corrected chi connectivity index (χ2v) is 5.66. The number of nitrogens with zero attached hydrogens (tertiary/aromatic N) is 1. The molecule has 2 aliphatic heterocycles. The average Bonchev–Trinajstić information content (AvgIpc) is 2.32. The van der Waals surface area contributed by atoms with Crippen molar-refractivity contribution in [3.05, 3.63) is 5.32 Å². The van der Waals surface area contributed by atoms with E-state index in [-0.39, 0.29) is 34.2 Å². The van der Waals surface area contributed by atoms with Gasteiger partial charge in [0.1, 0.15) is 0 Å². The second kappa shape index (κ2) is 6.72. The van der Waals surface area contributed by atoms with E-state index < -0.39 is 0 Å². The van der Waals surface area contributed by atoms with Gasteiger partial charge < -0.3 is 14.9 Å². The van der Waals surface area contributed by atoms with Crippen molar-refractivity contribution in [2.45, 2.75) is 19.3 Å². The fourth-order valence-corrected chi connectivity index (χ4v) is 1.89. The molecule has 2 heterocycles. The summed E-state index contributed by atoms with van der Waals surface area (Å²) in [6, 6.07) is 0. The zero-order chi connectivity index (χ0) is 8.97. The Kier molecular flexibility index (Phi) is 6.88. The Morgan fingerprint density at radius 1 is 1.15 bits per heavy atom. The summed E-state index contributed by atoms with van der Waals surface area (Å²) in [5, 5.41) is 3.11. The van der Waals surface area contributed by atoms with E-state index in [1.165, 1.54) is 6.42 Å². The minimum atomic E-state index is -0.273. The number of imide groups is 1. The van der Waals surface area contributed by atoms with Gasteiger partial charge in [-0.3, -0.25) is 0 Å². The van der Waals surface area contributed by atoms with Gasteiger partial charge in [0.05, 0.1) is 11.8 Å². The largest absolute Gasteiger partial charge is 1.00 e. The summed E-state index contributed by atoms with van der Waals surface area (Å²) in [6.45, 7) is 2.37. The van der Waals surface area contributed by atoms with Crippen molar-refractivity contribution in [2.24, 2.45) is 0 Å². The van der Waals surface area contributed by atoms with E-state index in [9.17, 15) is 9.59 Å². The van der Waals surface area contributed by atoms with Gasteiger partial charge in [0.15, 0.2) is 0 Å². The van der Waals surface area contributed by atoms with Crippen LogP contribution in [-0.2, 0) is 32.0 Å². The molecule has 0 N–H and O–H groups in total. The van der Waals surface area contributed by atoms with Crippen LogP contribution in [0.5, 0.6) is 0 Å². The number of hydrogen-bond donors (Lipinski definition) is 0. The molecule has 2 amide bonds. The average molecular weight is 383 g/mol. The first-order valence-corrected chi connectivity index (χ1v) is 6.30. The van der Waals surface area contributed by atoms with E-state index in [2.05, 4.69) is 12.0 Å². The standard InChI is InChI=1S/C4H5NO2.C4H9P.Au/c6-3-1-2-4(7)5-3;1-5-3-2-4-5;/h1-2H2,(H,5,6,7);2-4H2,1H3;/q;;+1/p-1. The molecule has 0 aliphatic carbocycles. The third-order valence-electron chi connectivity index (χ3n) is 1.88. The molecule has 13 heavy (non-hydrogen) atoms. The number of carbonyl (C=O) groups is 2. The zero-order valence-electron chi connectivity index (χ0n) is 7.55. The van der Waals surface area contributed by atoms with Crippen molar-refractivity contribution in [2.75, 3.05) is 19.0 Å². The quantitative estimate of drug-likeness (QED) is 0.363. The Labute approximate surface area is 95.3 Å². The van der Waals surface area contributed by atoms with E-state index in [1.54, 1.807) is 12.3 Å². The Morgan fingerprint density at radius 3 is 1.62 bits per heavy atom. The van der Waals surface area contributed by atoms with Crippen LogP contribution in [0.2, 0.25) is 0 Å². The summed E-state index contributed by atoms with van der Waals surface area (Å²) < 4.78 is 0. The van der Waals surface area contributed by atoms with Crippen LogP contribution >= 0.6 is 7.92 Å². The molecule has 0 aromatic heterocycles. The summed E-state index contributed by atoms with van der Waals surface area (Å²) in [5.74, 6) is -0.546. The Balaban J connectivity index is 0.000000215. The van der Waals surface area contributed by atoms with Gasteiger partial charge in [0, 0.05) is 0 Å². The maximum absolute atomic E-state index is 10.1. The maximum Gasteiger partial charge on any atom is 1.00 e. The summed E-state index contributed by atoms with van der Waals surface area (Å²) in [5.41, 5.74) is 0. The van der Waals surface area contributed by atoms with E-state index >= 15 is 0 Å². The molecular formula is C8H13AuNO2P. The van der Waals surface area contributed by atoms with Crippen LogP contribution in [0.25, 0.3) is 5.32 Å². The Morgan fingerprint density at radius 2 is 1.54 bits per heavy atom. The van der Waals surface area contributed by atoms with Gasteiger partial charge in [-0.25, -0.2) is 0 Å². The fourth-order valence-electron chi connectivity index (χ4n) is 0.939. The fraction of sp³-hybridized carbons (Fsp3) is 0.750. The molecule has 2 saturated heterocycles. The van der Waals surface area contributed by atoms with Gasteiger partial charge in [-0.15, -0.1) is 7.92 Å². The van der Waals surface area contributed by atoms with Gasteiger partial charge in [-0.05, 0) is 38.3 Å². The maximum atomic E-state index is 10.1. The first kappa shape index (κ1) is 13.3. The van der Waals surface area contributed by atoms with Crippen molar-refractivity contribution >= 4 is 19.7 Å². The smallest absolute Gasteiger partial charge is 0.596 e. The number of amides is 2. The van der Waals surface area contributed by atoms with Crippen LogP contribution in [0.15, 0.2) is 0 Å². The summed E-state index contributed by atoms with van der Waals surface area (Å²) in [7, 11) is 0.582. The topological polar surface area (TPSA) is 48.2 Å². The molecule has 0 saturated carbocycles. The Bertz CT molecular complexity index is 181. The van der Waals surface area contributed by atoms with Gasteiger partial charge >= 0.3 is 22.4 Å². The monoisotopic (exact) mass is 383 g/mol. The van der Waals surface area contributed by atoms with E-state index in [0.717, 1.165) is 0 Å². The van der Waals surface area contributed by atoms with Crippen LogP contribution in [-0.4, -0.2) is 30.8 Å². The first-order chi connectivity index (χ1) is 5.68. The van der Waals surface area contributed by atoms with Gasteiger partial charge in [0.2, 0.25) is 0 Å². The SMILES string of the molecule is CP1CCC1.O=C1CCC(=O)[N-]1.[Au+]. The van der Waals surface area contributed by atoms with Gasteiger partial charge in [-0.1, -0.05) is 0 Å². The first-order valence-electron chi connectivity index (χ1n) is 4.14. The molecule has 0 aromatic rings. The molecule has 0 atom stereocenters. The Hall–Kier alpha value is 0.310. The number of carbonyl (C=O) groups excluding carboxylic acids is 2. The normalized spacial score (nSPS) is 20.7. The van der Waals surface area contributed by atoms with Crippen LogP contribution in [0.1, 0.15) is 19.3 Å². The second-order valence-electron chi connectivity index (χ2n) is 3.06. The molecular weight excluding hydrogens is 370 g/mol. The molecule has 78 valence electrons. The van der Waals surface area contributed by atoms with E-state index in [1.807, 2.05) is 0 Å². The molecule has 0 aromatic carbocycles. The molecule has 0 radical (unpaired) electrons. The molecule has 0 spiro atoms. The minimum absolute atomic E-state index is 0. The minimum Gasteiger partial charge on any atom is -0.596 e. The third kappa shape index (κ3) is 5.58. The molecule has 0 unspecified atom stereocenters. The van der Waals surface area contributed by atoms with E-state index in [0.29, 0.717) is 20.8 Å². The number of hydrogen-bond acceptors (Lipinski definition) is 2. The van der Waals surface area contributed by atoms with Gasteiger partial charge in [0.25, 0.3) is 0 Å². The van der Waals surface area contributed by atoms with Gasteiger partial charge in [-0.2, -0.15) is 0 Å². The molecule has 2 fully saturated rings. The summed E-state index contributed by atoms with van der Waals surface area (Å²) in [6.07, 6.45) is 5.25. The van der Waals surface area contributed by atoms with Crippen molar-refractivity contribution in [3.8, 4) is 0 Å². The molecule has 2 aliphatic rings. The molecule has 2 rings (SSSR count). The molecule has 3 nitrogen and oxygen atoms in total. The van der Waals surface area contributed by atoms with E-state index in [4.69, 9.17) is 0 Å². The molecule has 5 heteroatoms. The van der Waals surface area contributed by atoms with Crippen LogP contribution in [0.4, 0.5) is 0 Å². The van der Waals surface area contributed by atoms with Crippen LogP contribution in [0.3, 0.4) is 0 Å². The summed E-state index contributed by atoms with van der Waals surface area (Å²) in [4.78, 5) is 20.1. The van der Waals surface area contributed by atoms with Crippen molar-refractivity contribution in [1.29, 1.82) is 0 Å². The van der Waals surface area contributed by atoms with Crippen LogP contribution < -0.4 is 0 Å². The third-order valence-corrected chi connectivity index (χ3v) is 4.04. The molecule has 0 bridgehead atoms. The number of rotatable bonds is 0.